The van der Waals surface area contributed by atoms with E-state index in [1.54, 1.807) is 0 Å². The van der Waals surface area contributed by atoms with Crippen molar-refractivity contribution in [3.05, 3.63) is 180 Å². The van der Waals surface area contributed by atoms with Gasteiger partial charge in [0.1, 0.15) is 0 Å². The van der Waals surface area contributed by atoms with Crippen molar-refractivity contribution in [1.29, 1.82) is 5.26 Å². The summed E-state index contributed by atoms with van der Waals surface area (Å²) >= 11 is 0. The van der Waals surface area contributed by atoms with Crippen LogP contribution < -0.4 is 4.90 Å². The number of para-hydroxylation sites is 1. The molecule has 1 aromatic heterocycles. The summed E-state index contributed by atoms with van der Waals surface area (Å²) in [6, 6.07) is 56.3. The van der Waals surface area contributed by atoms with Gasteiger partial charge >= 0.3 is 0 Å². The summed E-state index contributed by atoms with van der Waals surface area (Å²) in [6.45, 7) is 0. The van der Waals surface area contributed by atoms with Crippen LogP contribution in [0.2, 0.25) is 0 Å². The van der Waals surface area contributed by atoms with Gasteiger partial charge in [0.05, 0.1) is 39.6 Å². The minimum atomic E-state index is -1.17. The second kappa shape index (κ2) is 11.7. The van der Waals surface area contributed by atoms with E-state index in [1.165, 1.54) is 4.90 Å². The molecule has 1 atom stereocenters. The van der Waals surface area contributed by atoms with Gasteiger partial charge in [-0.3, -0.25) is 9.69 Å². The van der Waals surface area contributed by atoms with E-state index in [0.29, 0.717) is 28.1 Å². The van der Waals surface area contributed by atoms with Crippen molar-refractivity contribution in [2.75, 3.05) is 4.90 Å². The molecular weight excluding hydrogens is 615 g/mol. The van der Waals surface area contributed by atoms with E-state index < -0.39 is 6.23 Å². The van der Waals surface area contributed by atoms with Gasteiger partial charge in [-0.2, -0.15) is 5.26 Å². The van der Waals surface area contributed by atoms with Gasteiger partial charge in [0.25, 0.3) is 5.91 Å². The van der Waals surface area contributed by atoms with Crippen LogP contribution in [0.15, 0.2) is 164 Å². The number of aliphatic hydroxyl groups is 1. The van der Waals surface area contributed by atoms with Gasteiger partial charge in [0.15, 0.2) is 6.23 Å². The average molecular weight is 644 g/mol. The summed E-state index contributed by atoms with van der Waals surface area (Å²) in [5.74, 6) is -0.257. The van der Waals surface area contributed by atoms with Gasteiger partial charge in [-0.05, 0) is 76.3 Å². The molecule has 0 saturated carbocycles. The fourth-order valence-corrected chi connectivity index (χ4v) is 7.36. The fraction of sp³-hybridized carbons (Fsp3) is 0.0222. The van der Waals surface area contributed by atoms with Gasteiger partial charge in [-0.1, -0.05) is 115 Å². The molecule has 5 heteroatoms. The maximum atomic E-state index is 14.8. The molecule has 1 aliphatic heterocycles. The van der Waals surface area contributed by atoms with E-state index in [2.05, 4.69) is 59.2 Å². The van der Waals surface area contributed by atoms with Crippen molar-refractivity contribution >= 4 is 33.4 Å². The average Bonchev–Trinajstić information content (AvgIpc) is 3.65. The second-order valence-electron chi connectivity index (χ2n) is 12.5. The molecule has 50 heavy (non-hydrogen) atoms. The maximum Gasteiger partial charge on any atom is 0.263 e. The number of nitrogens with zero attached hydrogens (tertiary/aromatic N) is 3. The zero-order chi connectivity index (χ0) is 33.8. The lowest BCUT2D eigenvalue weighted by Gasteiger charge is -2.25. The third-order valence-electron chi connectivity index (χ3n) is 9.74. The van der Waals surface area contributed by atoms with Gasteiger partial charge in [-0.25, -0.2) is 0 Å². The molecule has 2 heterocycles. The Morgan fingerprint density at radius 2 is 1.16 bits per heavy atom. The van der Waals surface area contributed by atoms with Crippen LogP contribution in [0.25, 0.3) is 60.9 Å². The Morgan fingerprint density at radius 3 is 1.92 bits per heavy atom. The first kappa shape index (κ1) is 29.4. The maximum absolute atomic E-state index is 14.8. The number of benzene rings is 7. The second-order valence-corrected chi connectivity index (χ2v) is 12.5. The minimum Gasteiger partial charge on any atom is -0.369 e. The molecule has 5 nitrogen and oxygen atoms in total. The predicted octanol–water partition coefficient (Wildman–Crippen LogP) is 10.3. The molecule has 9 rings (SSSR count). The standard InChI is InChI=1S/C45H29N3O2/c46-28-29-18-20-31(21-19-29)34-23-25-41-38(27-34)35-14-7-8-16-39(35)47(41)42-17-9-15-36-43(42)45(50)48(44(36)49)40-24-22-33(30-10-3-1-4-11-30)26-37(40)32-12-5-2-6-13-32/h1-27,44,49H. The van der Waals surface area contributed by atoms with E-state index in [0.717, 1.165) is 55.2 Å². The Balaban J connectivity index is 1.20. The quantitative estimate of drug-likeness (QED) is 0.203. The molecule has 1 aliphatic rings. The first-order valence-electron chi connectivity index (χ1n) is 16.5. The number of carbonyl (C=O) groups excluding carboxylic acids is 1. The van der Waals surface area contributed by atoms with Crippen LogP contribution in [0.3, 0.4) is 0 Å². The highest BCUT2D eigenvalue weighted by molar-refractivity contribution is 6.17. The third kappa shape index (κ3) is 4.62. The largest absolute Gasteiger partial charge is 0.369 e. The van der Waals surface area contributed by atoms with Crippen molar-refractivity contribution in [1.82, 2.24) is 4.57 Å². The van der Waals surface area contributed by atoms with Gasteiger partial charge in [-0.15, -0.1) is 0 Å². The Bertz CT molecular complexity index is 2640. The summed E-state index contributed by atoms with van der Waals surface area (Å²) in [4.78, 5) is 16.3. The predicted molar refractivity (Wildman–Crippen MR) is 200 cm³/mol. The van der Waals surface area contributed by atoms with Crippen molar-refractivity contribution in [3.8, 4) is 45.1 Å². The van der Waals surface area contributed by atoms with E-state index in [-0.39, 0.29) is 5.91 Å². The molecule has 0 fully saturated rings. The Kier molecular flexibility index (Phi) is 6.91. The lowest BCUT2D eigenvalue weighted by Crippen LogP contribution is -2.28. The van der Waals surface area contributed by atoms with Crippen LogP contribution in [0, 0.1) is 11.3 Å². The van der Waals surface area contributed by atoms with Gasteiger partial charge in [0.2, 0.25) is 0 Å². The highest BCUT2D eigenvalue weighted by atomic mass is 16.3. The van der Waals surface area contributed by atoms with Crippen molar-refractivity contribution in [2.45, 2.75) is 6.23 Å². The molecule has 0 bridgehead atoms. The first-order chi connectivity index (χ1) is 24.6. The third-order valence-corrected chi connectivity index (χ3v) is 9.74. The minimum absolute atomic E-state index is 0.257. The Morgan fingerprint density at radius 1 is 0.540 bits per heavy atom. The normalized spacial score (nSPS) is 13.9. The number of amides is 1. The van der Waals surface area contributed by atoms with Gasteiger partial charge in [0, 0.05) is 21.9 Å². The number of hydrogen-bond donors (Lipinski definition) is 1. The van der Waals surface area contributed by atoms with Crippen LogP contribution in [0.5, 0.6) is 0 Å². The molecule has 236 valence electrons. The number of fused-ring (bicyclic) bond motifs is 4. The number of aliphatic hydroxyl groups excluding tert-OH is 1. The first-order valence-corrected chi connectivity index (χ1v) is 16.5. The van der Waals surface area contributed by atoms with Crippen LogP contribution in [0.4, 0.5) is 5.69 Å². The smallest absolute Gasteiger partial charge is 0.263 e. The molecule has 0 radical (unpaired) electrons. The van der Waals surface area contributed by atoms with E-state index in [1.807, 2.05) is 115 Å². The van der Waals surface area contributed by atoms with Crippen molar-refractivity contribution in [2.24, 2.45) is 0 Å². The lowest BCUT2D eigenvalue weighted by atomic mass is 9.96. The summed E-state index contributed by atoms with van der Waals surface area (Å²) in [5, 5.41) is 23.3. The zero-order valence-corrected chi connectivity index (χ0v) is 26.9. The van der Waals surface area contributed by atoms with Crippen LogP contribution in [0.1, 0.15) is 27.7 Å². The highest BCUT2D eigenvalue weighted by Gasteiger charge is 2.40. The molecule has 0 aliphatic carbocycles. The molecule has 1 amide bonds. The molecular formula is C45H29N3O2. The molecule has 8 aromatic rings. The highest BCUT2D eigenvalue weighted by Crippen LogP contribution is 2.45. The molecule has 0 saturated heterocycles. The number of hydrogen-bond acceptors (Lipinski definition) is 3. The summed E-state index contributed by atoms with van der Waals surface area (Å²) in [6.07, 6.45) is -1.17. The molecule has 7 aromatic carbocycles. The molecule has 0 spiro atoms. The van der Waals surface area contributed by atoms with Crippen molar-refractivity contribution in [3.63, 3.8) is 0 Å². The SMILES string of the molecule is N#Cc1ccc(-c2ccc3c(c2)c2ccccc2n3-c2cccc3c2C(=O)N(c2ccc(-c4ccccc4)cc2-c2ccccc2)C3O)cc1. The van der Waals surface area contributed by atoms with E-state index in [4.69, 9.17) is 0 Å². The number of carbonyl (C=O) groups is 1. The van der Waals surface area contributed by atoms with Crippen molar-refractivity contribution < 1.29 is 9.90 Å². The topological polar surface area (TPSA) is 69.3 Å². The van der Waals surface area contributed by atoms with Gasteiger partial charge < -0.3 is 9.67 Å². The number of nitriles is 1. The Hall–Kier alpha value is -6.74. The summed E-state index contributed by atoms with van der Waals surface area (Å²) in [5.41, 5.74) is 10.9. The van der Waals surface area contributed by atoms with Crippen LogP contribution in [-0.2, 0) is 0 Å². The van der Waals surface area contributed by atoms with Crippen LogP contribution in [-0.4, -0.2) is 15.6 Å². The summed E-state index contributed by atoms with van der Waals surface area (Å²) in [7, 11) is 0. The molecule has 1 unspecified atom stereocenters. The van der Waals surface area contributed by atoms with E-state index >= 15 is 0 Å². The lowest BCUT2D eigenvalue weighted by molar-refractivity contribution is 0.0935. The number of aromatic nitrogens is 1. The zero-order valence-electron chi connectivity index (χ0n) is 26.9. The monoisotopic (exact) mass is 643 g/mol. The van der Waals surface area contributed by atoms with Crippen LogP contribution >= 0.6 is 0 Å². The molecule has 1 N–H and O–H groups in total. The fourth-order valence-electron chi connectivity index (χ4n) is 7.36. The number of rotatable bonds is 5. The summed E-state index contributed by atoms with van der Waals surface area (Å²) < 4.78 is 2.14. The Labute approximate surface area is 289 Å². The number of anilines is 1. The van der Waals surface area contributed by atoms with E-state index in [9.17, 15) is 15.2 Å².